The molecule has 2 aromatic rings. The predicted molar refractivity (Wildman–Crippen MR) is 106 cm³/mol. The average Bonchev–Trinajstić information content (AvgIpc) is 3.01. The topological polar surface area (TPSA) is 121 Å². The van der Waals surface area contributed by atoms with Crippen molar-refractivity contribution >= 4 is 29.5 Å². The van der Waals surface area contributed by atoms with E-state index in [2.05, 4.69) is 5.32 Å². The Morgan fingerprint density at radius 1 is 1.03 bits per heavy atom. The Morgan fingerprint density at radius 3 is 2.40 bits per heavy atom. The molecule has 9 nitrogen and oxygen atoms in total. The van der Waals surface area contributed by atoms with Crippen molar-refractivity contribution in [2.45, 2.75) is 27.7 Å². The number of nitrogens with one attached hydrogen (secondary N) is 1. The van der Waals surface area contributed by atoms with Gasteiger partial charge in [0.25, 0.3) is 5.91 Å². The maximum atomic E-state index is 12.2. The molecule has 0 saturated carbocycles. The zero-order chi connectivity index (χ0) is 22.3. The molecule has 1 aromatic heterocycles. The van der Waals surface area contributed by atoms with Crippen LogP contribution in [0.4, 0.5) is 5.88 Å². The summed E-state index contributed by atoms with van der Waals surface area (Å²) in [6, 6.07) is 7.11. The molecule has 0 atom stereocenters. The lowest BCUT2D eigenvalue weighted by Gasteiger charge is -2.08. The fourth-order valence-corrected chi connectivity index (χ4v) is 2.65. The number of ketones is 1. The average molecular weight is 417 g/mol. The lowest BCUT2D eigenvalue weighted by molar-refractivity contribution is -0.149. The minimum atomic E-state index is -0.807. The second-order valence-electron chi connectivity index (χ2n) is 6.33. The Kier molecular flexibility index (Phi) is 7.74. The summed E-state index contributed by atoms with van der Waals surface area (Å²) in [6.45, 7) is 5.31. The van der Waals surface area contributed by atoms with E-state index in [1.54, 1.807) is 25.1 Å². The highest BCUT2D eigenvalue weighted by atomic mass is 16.6. The van der Waals surface area contributed by atoms with Gasteiger partial charge in [0.1, 0.15) is 17.1 Å². The molecule has 1 N–H and O–H groups in total. The third kappa shape index (κ3) is 5.94. The summed E-state index contributed by atoms with van der Waals surface area (Å²) in [6.07, 6.45) is 0. The first-order valence-electron chi connectivity index (χ1n) is 9.19. The van der Waals surface area contributed by atoms with Gasteiger partial charge in [-0.05, 0) is 45.4 Å². The van der Waals surface area contributed by atoms with Gasteiger partial charge in [0.2, 0.25) is 5.88 Å². The van der Waals surface area contributed by atoms with E-state index in [0.29, 0.717) is 5.75 Å². The van der Waals surface area contributed by atoms with Crippen LogP contribution in [0.25, 0.3) is 0 Å². The Hall–Kier alpha value is -3.62. The molecule has 0 aliphatic rings. The minimum Gasteiger partial charge on any atom is -0.482 e. The van der Waals surface area contributed by atoms with Crippen LogP contribution in [0.1, 0.15) is 45.9 Å². The number of ether oxygens (including phenoxy) is 3. The molecule has 0 aliphatic carbocycles. The van der Waals surface area contributed by atoms with E-state index in [9.17, 15) is 19.2 Å². The normalized spacial score (nSPS) is 10.3. The molecule has 0 saturated heterocycles. The van der Waals surface area contributed by atoms with Crippen molar-refractivity contribution in [1.82, 2.24) is 0 Å². The largest absolute Gasteiger partial charge is 0.482 e. The zero-order valence-corrected chi connectivity index (χ0v) is 17.2. The smallest absolute Gasteiger partial charge is 0.344 e. The number of hydrogen-bond donors (Lipinski definition) is 1. The maximum Gasteiger partial charge on any atom is 0.344 e. The highest BCUT2D eigenvalue weighted by Gasteiger charge is 2.28. The van der Waals surface area contributed by atoms with E-state index in [-0.39, 0.29) is 36.0 Å². The number of furan rings is 1. The van der Waals surface area contributed by atoms with Crippen LogP contribution in [-0.2, 0) is 19.1 Å². The zero-order valence-electron chi connectivity index (χ0n) is 17.2. The van der Waals surface area contributed by atoms with Gasteiger partial charge < -0.3 is 18.6 Å². The lowest BCUT2D eigenvalue weighted by atomic mass is 10.1. The van der Waals surface area contributed by atoms with Gasteiger partial charge in [-0.25, -0.2) is 9.59 Å². The predicted octanol–water partition coefficient (Wildman–Crippen LogP) is 2.84. The third-order valence-corrected chi connectivity index (χ3v) is 3.88. The van der Waals surface area contributed by atoms with Crippen LogP contribution in [0.3, 0.4) is 0 Å². The third-order valence-electron chi connectivity index (χ3n) is 3.88. The number of carbonyl (C=O) groups is 4. The number of carbonyl (C=O) groups excluding carboxylic acids is 4. The van der Waals surface area contributed by atoms with Crippen molar-refractivity contribution in [2.75, 3.05) is 25.1 Å². The van der Waals surface area contributed by atoms with Gasteiger partial charge in [-0.15, -0.1) is 0 Å². The van der Waals surface area contributed by atoms with Gasteiger partial charge in [0, 0.05) is 0 Å². The number of benzene rings is 1. The fourth-order valence-electron chi connectivity index (χ4n) is 2.65. The minimum absolute atomic E-state index is 0.0206. The summed E-state index contributed by atoms with van der Waals surface area (Å²) in [4.78, 5) is 48.0. The van der Waals surface area contributed by atoms with Gasteiger partial charge in [-0.3, -0.25) is 14.9 Å². The van der Waals surface area contributed by atoms with E-state index < -0.39 is 30.2 Å². The van der Waals surface area contributed by atoms with E-state index in [0.717, 1.165) is 5.56 Å². The first-order valence-corrected chi connectivity index (χ1v) is 9.19. The summed E-state index contributed by atoms with van der Waals surface area (Å²) < 4.78 is 20.4. The molecular formula is C21H23NO8. The van der Waals surface area contributed by atoms with Gasteiger partial charge in [-0.1, -0.05) is 12.1 Å². The Labute approximate surface area is 173 Å². The monoisotopic (exact) mass is 417 g/mol. The van der Waals surface area contributed by atoms with Crippen LogP contribution < -0.4 is 10.1 Å². The summed E-state index contributed by atoms with van der Waals surface area (Å²) in [7, 11) is 0. The van der Waals surface area contributed by atoms with E-state index >= 15 is 0 Å². The summed E-state index contributed by atoms with van der Waals surface area (Å²) >= 11 is 0. The number of hydrogen-bond acceptors (Lipinski definition) is 8. The Balaban J connectivity index is 1.97. The van der Waals surface area contributed by atoms with E-state index in [1.807, 2.05) is 13.0 Å². The molecule has 1 heterocycles. The van der Waals surface area contributed by atoms with Crippen LogP contribution >= 0.6 is 0 Å². The van der Waals surface area contributed by atoms with Crippen LogP contribution in [0.15, 0.2) is 28.7 Å². The summed E-state index contributed by atoms with van der Waals surface area (Å²) in [5, 5.41) is 2.33. The number of aryl methyl sites for hydroxylation is 2. The number of anilines is 1. The molecule has 0 unspecified atom stereocenters. The molecule has 0 radical (unpaired) electrons. The molecule has 2 rings (SSSR count). The quantitative estimate of drug-likeness (QED) is 0.488. The molecular weight excluding hydrogens is 394 g/mol. The van der Waals surface area contributed by atoms with Gasteiger partial charge in [-0.2, -0.15) is 0 Å². The maximum absolute atomic E-state index is 12.2. The SMILES string of the molecule is CCOC(=O)c1c(NC(=O)COC(=O)COc2cccc(C)c2)oc(C)c1C(C)=O. The van der Waals surface area contributed by atoms with Crippen molar-refractivity contribution < 1.29 is 37.8 Å². The van der Waals surface area contributed by atoms with Crippen LogP contribution in [0.5, 0.6) is 5.75 Å². The van der Waals surface area contributed by atoms with E-state index in [1.165, 1.54) is 13.8 Å². The summed E-state index contributed by atoms with van der Waals surface area (Å²) in [5.41, 5.74) is 0.813. The Morgan fingerprint density at radius 2 is 1.77 bits per heavy atom. The highest BCUT2D eigenvalue weighted by Crippen LogP contribution is 2.28. The van der Waals surface area contributed by atoms with Crippen molar-refractivity contribution in [3.63, 3.8) is 0 Å². The molecule has 1 amide bonds. The number of esters is 2. The van der Waals surface area contributed by atoms with Crippen molar-refractivity contribution in [2.24, 2.45) is 0 Å². The Bertz CT molecular complexity index is 960. The first-order chi connectivity index (χ1) is 14.2. The van der Waals surface area contributed by atoms with Crippen molar-refractivity contribution in [1.29, 1.82) is 0 Å². The second kappa shape index (κ2) is 10.2. The molecule has 160 valence electrons. The lowest BCUT2D eigenvalue weighted by Crippen LogP contribution is -2.24. The fraction of sp³-hybridized carbons (Fsp3) is 0.333. The van der Waals surface area contributed by atoms with Crippen LogP contribution in [-0.4, -0.2) is 43.4 Å². The molecule has 0 bridgehead atoms. The van der Waals surface area contributed by atoms with Gasteiger partial charge in [0.05, 0.1) is 12.2 Å². The second-order valence-corrected chi connectivity index (χ2v) is 6.33. The van der Waals surface area contributed by atoms with Crippen molar-refractivity contribution in [3.8, 4) is 5.75 Å². The molecule has 30 heavy (non-hydrogen) atoms. The standard InChI is InChI=1S/C21H23NO8/c1-5-27-21(26)19-18(13(3)23)14(4)30-20(19)22-16(24)10-29-17(25)11-28-15-8-6-7-12(2)9-15/h6-9H,5,10-11H2,1-4H3,(H,22,24). The van der Waals surface area contributed by atoms with Gasteiger partial charge in [0.15, 0.2) is 19.0 Å². The molecule has 1 aromatic carbocycles. The van der Waals surface area contributed by atoms with Crippen LogP contribution in [0.2, 0.25) is 0 Å². The van der Waals surface area contributed by atoms with Gasteiger partial charge >= 0.3 is 11.9 Å². The van der Waals surface area contributed by atoms with E-state index in [4.69, 9.17) is 18.6 Å². The molecule has 9 heteroatoms. The highest BCUT2D eigenvalue weighted by molar-refractivity contribution is 6.10. The van der Waals surface area contributed by atoms with Crippen molar-refractivity contribution in [3.05, 3.63) is 46.7 Å². The number of Topliss-reactive ketones (excluding diaryl/α,β-unsaturated/α-hetero) is 1. The summed E-state index contributed by atoms with van der Waals surface area (Å²) in [5.74, 6) is -2.32. The number of rotatable bonds is 9. The number of amides is 1. The molecule has 0 aliphatic heterocycles. The molecule has 0 fully saturated rings. The van der Waals surface area contributed by atoms with Crippen LogP contribution in [0, 0.1) is 13.8 Å². The first kappa shape index (κ1) is 22.7. The molecule has 0 spiro atoms.